The first-order valence-electron chi connectivity index (χ1n) is 5.66. The molecule has 3 aromatic rings. The maximum atomic E-state index is 11.7. The van der Waals surface area contributed by atoms with Gasteiger partial charge in [-0.2, -0.15) is 0 Å². The fraction of sp³-hybridized carbons (Fsp3) is 0.0714. The molecule has 3 heterocycles. The molecule has 19 heavy (non-hydrogen) atoms. The fourth-order valence-electron chi connectivity index (χ4n) is 1.90. The van der Waals surface area contributed by atoms with Gasteiger partial charge < -0.3 is 4.74 Å². The van der Waals surface area contributed by atoms with Crippen LogP contribution in [-0.4, -0.2) is 23.0 Å². The van der Waals surface area contributed by atoms with Gasteiger partial charge in [-0.3, -0.25) is 4.98 Å². The number of nitrogens with zero attached hydrogens (tertiary/aromatic N) is 2. The number of methoxy groups -OCH3 is 1. The number of thiophene rings is 1. The van der Waals surface area contributed by atoms with Crippen LogP contribution in [0.5, 0.6) is 0 Å². The molecule has 0 aliphatic carbocycles. The summed E-state index contributed by atoms with van der Waals surface area (Å²) in [5, 5.41) is 3.00. The van der Waals surface area contributed by atoms with Crippen LogP contribution in [0, 0.1) is 0 Å². The van der Waals surface area contributed by atoms with Gasteiger partial charge in [-0.25, -0.2) is 9.78 Å². The Bertz CT molecular complexity index is 738. The van der Waals surface area contributed by atoms with Crippen molar-refractivity contribution < 1.29 is 9.53 Å². The standard InChI is InChI=1S/C14H10N2O2S/c1-18-14(17)11-7-12-10(4-6-19-12)13(16-11)9-3-2-5-15-8-9/h2-8H,1H3. The average Bonchev–Trinajstić information content (AvgIpc) is 2.94. The summed E-state index contributed by atoms with van der Waals surface area (Å²) in [4.78, 5) is 20.2. The van der Waals surface area contributed by atoms with Crippen molar-refractivity contribution in [3.05, 3.63) is 47.7 Å². The van der Waals surface area contributed by atoms with Crippen molar-refractivity contribution in [2.75, 3.05) is 7.11 Å². The van der Waals surface area contributed by atoms with Gasteiger partial charge in [0.15, 0.2) is 5.69 Å². The summed E-state index contributed by atoms with van der Waals surface area (Å²) in [5.74, 6) is -0.430. The van der Waals surface area contributed by atoms with E-state index < -0.39 is 5.97 Å². The first kappa shape index (κ1) is 11.8. The Morgan fingerprint density at radius 3 is 3.00 bits per heavy atom. The molecule has 0 bridgehead atoms. The average molecular weight is 270 g/mol. The zero-order chi connectivity index (χ0) is 13.2. The molecule has 0 saturated heterocycles. The van der Waals surface area contributed by atoms with Crippen LogP contribution >= 0.6 is 11.3 Å². The predicted molar refractivity (Wildman–Crippen MR) is 74.2 cm³/mol. The van der Waals surface area contributed by atoms with Gasteiger partial charge in [0, 0.05) is 28.0 Å². The normalized spacial score (nSPS) is 10.6. The number of rotatable bonds is 2. The number of fused-ring (bicyclic) bond motifs is 1. The van der Waals surface area contributed by atoms with Gasteiger partial charge in [0.2, 0.25) is 0 Å². The molecule has 5 heteroatoms. The first-order valence-corrected chi connectivity index (χ1v) is 6.54. The maximum absolute atomic E-state index is 11.7. The van der Waals surface area contributed by atoms with Crippen LogP contribution in [0.25, 0.3) is 21.3 Å². The summed E-state index contributed by atoms with van der Waals surface area (Å²) >= 11 is 1.57. The summed E-state index contributed by atoms with van der Waals surface area (Å²) in [7, 11) is 1.35. The second kappa shape index (κ2) is 4.78. The van der Waals surface area contributed by atoms with E-state index in [0.717, 1.165) is 21.3 Å². The molecular weight excluding hydrogens is 260 g/mol. The monoisotopic (exact) mass is 270 g/mol. The summed E-state index contributed by atoms with van der Waals surface area (Å²) in [6.45, 7) is 0. The molecule has 0 aromatic carbocycles. The Kier molecular flexibility index (Phi) is 2.97. The number of hydrogen-bond donors (Lipinski definition) is 0. The molecule has 0 fully saturated rings. The lowest BCUT2D eigenvalue weighted by Crippen LogP contribution is -2.04. The molecule has 3 rings (SSSR count). The summed E-state index contributed by atoms with van der Waals surface area (Å²) in [5.41, 5.74) is 1.96. The third-order valence-corrected chi connectivity index (χ3v) is 3.64. The molecule has 94 valence electrons. The van der Waals surface area contributed by atoms with Crippen LogP contribution < -0.4 is 0 Å². The number of carbonyl (C=O) groups excluding carboxylic acids is 1. The highest BCUT2D eigenvalue weighted by Crippen LogP contribution is 2.30. The van der Waals surface area contributed by atoms with E-state index in [1.807, 2.05) is 23.6 Å². The van der Waals surface area contributed by atoms with Crippen molar-refractivity contribution in [2.45, 2.75) is 0 Å². The van der Waals surface area contributed by atoms with E-state index >= 15 is 0 Å². The number of hydrogen-bond acceptors (Lipinski definition) is 5. The Balaban J connectivity index is 2.27. The minimum Gasteiger partial charge on any atom is -0.464 e. The van der Waals surface area contributed by atoms with Gasteiger partial charge in [-0.15, -0.1) is 11.3 Å². The highest BCUT2D eigenvalue weighted by Gasteiger charge is 2.14. The number of aromatic nitrogens is 2. The smallest absolute Gasteiger partial charge is 0.356 e. The lowest BCUT2D eigenvalue weighted by atomic mass is 10.1. The number of ether oxygens (including phenoxy) is 1. The summed E-state index contributed by atoms with van der Waals surface area (Å²) < 4.78 is 5.75. The SMILES string of the molecule is COC(=O)c1cc2sccc2c(-c2cccnc2)n1. The number of esters is 1. The molecule has 0 saturated carbocycles. The van der Waals surface area contributed by atoms with Gasteiger partial charge in [0.05, 0.1) is 12.8 Å². The number of carbonyl (C=O) groups is 1. The van der Waals surface area contributed by atoms with Crippen LogP contribution in [-0.2, 0) is 4.74 Å². The lowest BCUT2D eigenvalue weighted by Gasteiger charge is -2.05. The van der Waals surface area contributed by atoms with Crippen molar-refractivity contribution >= 4 is 27.4 Å². The minimum atomic E-state index is -0.430. The Labute approximate surface area is 113 Å². The van der Waals surface area contributed by atoms with Crippen molar-refractivity contribution in [3.63, 3.8) is 0 Å². The molecule has 0 unspecified atom stereocenters. The van der Waals surface area contributed by atoms with Crippen LogP contribution in [0.15, 0.2) is 42.0 Å². The van der Waals surface area contributed by atoms with Gasteiger partial charge >= 0.3 is 5.97 Å². The number of pyridine rings is 2. The maximum Gasteiger partial charge on any atom is 0.356 e. The van der Waals surface area contributed by atoms with Crippen LogP contribution in [0.3, 0.4) is 0 Å². The van der Waals surface area contributed by atoms with E-state index in [-0.39, 0.29) is 0 Å². The van der Waals surface area contributed by atoms with Crippen molar-refractivity contribution in [3.8, 4) is 11.3 Å². The zero-order valence-electron chi connectivity index (χ0n) is 10.2. The molecule has 0 aliphatic rings. The third kappa shape index (κ3) is 2.08. The molecule has 0 amide bonds. The van der Waals surface area contributed by atoms with Crippen LogP contribution in [0.1, 0.15) is 10.5 Å². The largest absolute Gasteiger partial charge is 0.464 e. The molecule has 0 atom stereocenters. The van der Waals surface area contributed by atoms with E-state index in [4.69, 9.17) is 4.74 Å². The third-order valence-electron chi connectivity index (χ3n) is 2.78. The van der Waals surface area contributed by atoms with Gasteiger partial charge in [-0.05, 0) is 29.6 Å². The molecular formula is C14H10N2O2S. The Morgan fingerprint density at radius 1 is 1.37 bits per heavy atom. The summed E-state index contributed by atoms with van der Waals surface area (Å²) in [6.07, 6.45) is 3.44. The minimum absolute atomic E-state index is 0.316. The molecule has 0 aliphatic heterocycles. The fourth-order valence-corrected chi connectivity index (χ4v) is 2.72. The van der Waals surface area contributed by atoms with Crippen LogP contribution in [0.4, 0.5) is 0 Å². The van der Waals surface area contributed by atoms with Gasteiger partial charge in [-0.1, -0.05) is 0 Å². The van der Waals surface area contributed by atoms with E-state index in [0.29, 0.717) is 5.69 Å². The highest BCUT2D eigenvalue weighted by atomic mass is 32.1. The second-order valence-corrected chi connectivity index (χ2v) is 4.87. The highest BCUT2D eigenvalue weighted by molar-refractivity contribution is 7.17. The molecule has 0 spiro atoms. The first-order chi connectivity index (χ1) is 9.29. The second-order valence-electron chi connectivity index (χ2n) is 3.92. The van der Waals surface area contributed by atoms with Gasteiger partial charge in [0.25, 0.3) is 0 Å². The molecule has 0 radical (unpaired) electrons. The van der Waals surface area contributed by atoms with Crippen LogP contribution in [0.2, 0.25) is 0 Å². The van der Waals surface area contributed by atoms with E-state index in [1.165, 1.54) is 7.11 Å². The molecule has 3 aromatic heterocycles. The van der Waals surface area contributed by atoms with E-state index in [2.05, 4.69) is 9.97 Å². The lowest BCUT2D eigenvalue weighted by molar-refractivity contribution is 0.0594. The van der Waals surface area contributed by atoms with E-state index in [9.17, 15) is 4.79 Å². The molecule has 4 nitrogen and oxygen atoms in total. The van der Waals surface area contributed by atoms with Crippen molar-refractivity contribution in [1.29, 1.82) is 0 Å². The van der Waals surface area contributed by atoms with Crippen molar-refractivity contribution in [1.82, 2.24) is 9.97 Å². The quantitative estimate of drug-likeness (QED) is 0.671. The van der Waals surface area contributed by atoms with E-state index in [1.54, 1.807) is 29.8 Å². The van der Waals surface area contributed by atoms with Gasteiger partial charge in [0.1, 0.15) is 0 Å². The predicted octanol–water partition coefficient (Wildman–Crippen LogP) is 3.14. The summed E-state index contributed by atoms with van der Waals surface area (Å²) in [6, 6.07) is 7.52. The Hall–Kier alpha value is -2.27. The zero-order valence-corrected chi connectivity index (χ0v) is 11.0. The molecule has 0 N–H and O–H groups in total. The van der Waals surface area contributed by atoms with Crippen molar-refractivity contribution in [2.24, 2.45) is 0 Å². The topological polar surface area (TPSA) is 52.1 Å². The Morgan fingerprint density at radius 2 is 2.26 bits per heavy atom.